The molecule has 0 aromatic carbocycles. The van der Waals surface area contributed by atoms with Crippen LogP contribution in [0, 0.1) is 6.92 Å². The first kappa shape index (κ1) is 7.61. The van der Waals surface area contributed by atoms with Gasteiger partial charge in [-0.3, -0.25) is 0 Å². The minimum Gasteiger partial charge on any atom is -0.202 e. The van der Waals surface area contributed by atoms with Gasteiger partial charge in [-0.15, -0.1) is 0 Å². The van der Waals surface area contributed by atoms with Crippen molar-refractivity contribution in [1.29, 1.82) is 0 Å². The average Bonchev–Trinajstić information content (AvgIpc) is 1.94. The molecule has 0 aliphatic rings. The molecule has 1 aromatic rings. The normalized spacial score (nSPS) is 9.80. The zero-order chi connectivity index (χ0) is 7.40. The molecule has 0 fully saturated rings. The first-order valence-electron chi connectivity index (χ1n) is 3.40. The molecule has 0 aliphatic carbocycles. The molecule has 0 N–H and O–H groups in total. The fourth-order valence-electron chi connectivity index (χ4n) is 0.920. The highest BCUT2D eigenvalue weighted by Gasteiger charge is 1.99. The van der Waals surface area contributed by atoms with Gasteiger partial charge in [0.05, 0.1) is 0 Å². The lowest BCUT2D eigenvalue weighted by molar-refractivity contribution is -0.698. The van der Waals surface area contributed by atoms with Crippen LogP contribution in [0.1, 0.15) is 5.69 Å². The van der Waals surface area contributed by atoms with Gasteiger partial charge in [0, 0.05) is 24.8 Å². The smallest absolute Gasteiger partial charge is 0.178 e. The Hall–Kier alpha value is -0.500. The molecule has 2 heteroatoms. The van der Waals surface area contributed by atoms with Gasteiger partial charge < -0.3 is 0 Å². The first-order chi connectivity index (χ1) is 4.84. The zero-order valence-electron chi connectivity index (χ0n) is 6.12. The molecule has 1 heterocycles. The molecule has 54 valence electrons. The summed E-state index contributed by atoms with van der Waals surface area (Å²) in [4.78, 5) is 0. The Morgan fingerprint density at radius 1 is 1.50 bits per heavy atom. The van der Waals surface area contributed by atoms with Crippen molar-refractivity contribution in [2.24, 2.45) is 0 Å². The van der Waals surface area contributed by atoms with E-state index in [0.717, 1.165) is 12.3 Å². The van der Waals surface area contributed by atoms with Crippen LogP contribution in [0.2, 0.25) is 0 Å². The second-order valence-electron chi connectivity index (χ2n) is 2.26. The van der Waals surface area contributed by atoms with Gasteiger partial charge in [0.2, 0.25) is 0 Å². The fourth-order valence-corrected chi connectivity index (χ4v) is 1.14. The van der Waals surface area contributed by atoms with Crippen LogP contribution in [-0.4, -0.2) is 5.75 Å². The van der Waals surface area contributed by atoms with Crippen LogP contribution in [-0.2, 0) is 6.54 Å². The summed E-state index contributed by atoms with van der Waals surface area (Å²) in [6.45, 7) is 3.10. The third-order valence-corrected chi connectivity index (χ3v) is 1.71. The van der Waals surface area contributed by atoms with E-state index in [0.29, 0.717) is 0 Å². The Labute approximate surface area is 67.1 Å². The molecule has 0 saturated heterocycles. The van der Waals surface area contributed by atoms with Crippen LogP contribution < -0.4 is 4.57 Å². The SMILES string of the molecule is Cc1cccc[n+]1CCS. The highest BCUT2D eigenvalue weighted by atomic mass is 32.1. The Bertz CT molecular complexity index is 210. The van der Waals surface area contributed by atoms with Crippen molar-refractivity contribution in [2.75, 3.05) is 5.75 Å². The Kier molecular flexibility index (Phi) is 2.75. The molecular weight excluding hydrogens is 142 g/mol. The van der Waals surface area contributed by atoms with Gasteiger partial charge in [0.25, 0.3) is 0 Å². The quantitative estimate of drug-likeness (QED) is 0.482. The van der Waals surface area contributed by atoms with Gasteiger partial charge >= 0.3 is 0 Å². The van der Waals surface area contributed by atoms with E-state index in [-0.39, 0.29) is 0 Å². The molecule has 0 bridgehead atoms. The van der Waals surface area contributed by atoms with E-state index in [2.05, 4.69) is 36.4 Å². The summed E-state index contributed by atoms with van der Waals surface area (Å²) in [5.41, 5.74) is 1.29. The molecule has 0 saturated carbocycles. The summed E-state index contributed by atoms with van der Waals surface area (Å²) in [7, 11) is 0. The van der Waals surface area contributed by atoms with Crippen LogP contribution in [0.4, 0.5) is 0 Å². The molecule has 1 rings (SSSR count). The lowest BCUT2D eigenvalue weighted by Gasteiger charge is -1.95. The summed E-state index contributed by atoms with van der Waals surface area (Å²) in [5, 5.41) is 0. The van der Waals surface area contributed by atoms with Crippen LogP contribution in [0.5, 0.6) is 0 Å². The zero-order valence-corrected chi connectivity index (χ0v) is 7.01. The number of hydrogen-bond donors (Lipinski definition) is 1. The van der Waals surface area contributed by atoms with Crippen LogP contribution >= 0.6 is 12.6 Å². The van der Waals surface area contributed by atoms with E-state index in [1.165, 1.54) is 5.69 Å². The van der Waals surface area contributed by atoms with Crippen molar-refractivity contribution < 1.29 is 4.57 Å². The number of nitrogens with zero attached hydrogens (tertiary/aromatic N) is 1. The van der Waals surface area contributed by atoms with E-state index in [1.807, 2.05) is 12.1 Å². The Morgan fingerprint density at radius 2 is 2.30 bits per heavy atom. The molecular formula is C8H12NS+. The first-order valence-corrected chi connectivity index (χ1v) is 4.04. The lowest BCUT2D eigenvalue weighted by Crippen LogP contribution is -2.37. The summed E-state index contributed by atoms with van der Waals surface area (Å²) in [6, 6.07) is 6.18. The van der Waals surface area contributed by atoms with Crippen molar-refractivity contribution in [3.05, 3.63) is 30.1 Å². The molecule has 1 nitrogen and oxygen atoms in total. The molecule has 1 aromatic heterocycles. The number of aryl methyl sites for hydroxylation is 2. The number of aromatic nitrogens is 1. The number of rotatable bonds is 2. The number of hydrogen-bond acceptors (Lipinski definition) is 1. The third-order valence-electron chi connectivity index (χ3n) is 1.51. The average molecular weight is 154 g/mol. The topological polar surface area (TPSA) is 3.88 Å². The third kappa shape index (κ3) is 1.74. The molecule has 0 spiro atoms. The summed E-state index contributed by atoms with van der Waals surface area (Å²) < 4.78 is 2.19. The van der Waals surface area contributed by atoms with Gasteiger partial charge in [0.15, 0.2) is 18.4 Å². The van der Waals surface area contributed by atoms with E-state index in [9.17, 15) is 0 Å². The lowest BCUT2D eigenvalue weighted by atomic mass is 10.3. The van der Waals surface area contributed by atoms with Crippen LogP contribution in [0.15, 0.2) is 24.4 Å². The Balaban J connectivity index is 2.81. The van der Waals surface area contributed by atoms with Crippen molar-refractivity contribution in [1.82, 2.24) is 0 Å². The van der Waals surface area contributed by atoms with Gasteiger partial charge in [-0.2, -0.15) is 12.6 Å². The number of pyridine rings is 1. The molecule has 0 amide bonds. The predicted octanol–water partition coefficient (Wildman–Crippen LogP) is 1.21. The fraction of sp³-hybridized carbons (Fsp3) is 0.375. The standard InChI is InChI=1S/C8H11NS/c1-8-4-2-3-5-9(8)6-7-10/h2-5H,6-7H2,1H3/p+1. The summed E-state index contributed by atoms with van der Waals surface area (Å²) >= 11 is 4.16. The van der Waals surface area contributed by atoms with Crippen LogP contribution in [0.3, 0.4) is 0 Å². The maximum Gasteiger partial charge on any atom is 0.178 e. The van der Waals surface area contributed by atoms with Gasteiger partial charge in [0.1, 0.15) is 0 Å². The molecule has 0 unspecified atom stereocenters. The minimum atomic E-state index is 0.898. The highest BCUT2D eigenvalue weighted by molar-refractivity contribution is 7.80. The summed E-state index contributed by atoms with van der Waals surface area (Å²) in [5.74, 6) is 0.898. The van der Waals surface area contributed by atoms with Crippen molar-refractivity contribution in [2.45, 2.75) is 13.5 Å². The maximum absolute atomic E-state index is 4.16. The largest absolute Gasteiger partial charge is 0.202 e. The molecule has 10 heavy (non-hydrogen) atoms. The van der Waals surface area contributed by atoms with E-state index >= 15 is 0 Å². The van der Waals surface area contributed by atoms with E-state index < -0.39 is 0 Å². The molecule has 0 aliphatic heterocycles. The van der Waals surface area contributed by atoms with Crippen LogP contribution in [0.25, 0.3) is 0 Å². The second kappa shape index (κ2) is 3.62. The van der Waals surface area contributed by atoms with E-state index in [1.54, 1.807) is 0 Å². The van der Waals surface area contributed by atoms with Gasteiger partial charge in [-0.1, -0.05) is 6.07 Å². The molecule has 0 atom stereocenters. The van der Waals surface area contributed by atoms with Crippen molar-refractivity contribution in [3.63, 3.8) is 0 Å². The van der Waals surface area contributed by atoms with Gasteiger partial charge in [-0.25, -0.2) is 4.57 Å². The maximum atomic E-state index is 4.16. The van der Waals surface area contributed by atoms with Crippen molar-refractivity contribution in [3.8, 4) is 0 Å². The highest BCUT2D eigenvalue weighted by Crippen LogP contribution is 1.87. The summed E-state index contributed by atoms with van der Waals surface area (Å²) in [6.07, 6.45) is 2.07. The monoisotopic (exact) mass is 154 g/mol. The molecule has 0 radical (unpaired) electrons. The van der Waals surface area contributed by atoms with Gasteiger partial charge in [-0.05, 0) is 0 Å². The van der Waals surface area contributed by atoms with E-state index in [4.69, 9.17) is 0 Å². The van der Waals surface area contributed by atoms with Crippen molar-refractivity contribution >= 4 is 12.6 Å². The number of thiol groups is 1. The minimum absolute atomic E-state index is 0.898. The Morgan fingerprint density at radius 3 is 2.90 bits per heavy atom. The predicted molar refractivity (Wildman–Crippen MR) is 45.2 cm³/mol. The second-order valence-corrected chi connectivity index (χ2v) is 2.71.